The Labute approximate surface area is 121 Å². The van der Waals surface area contributed by atoms with Crippen LogP contribution in [0.2, 0.25) is 0 Å². The van der Waals surface area contributed by atoms with Crippen molar-refractivity contribution in [3.63, 3.8) is 0 Å². The van der Waals surface area contributed by atoms with E-state index in [-0.39, 0.29) is 0 Å². The first-order chi connectivity index (χ1) is 9.31. The molecule has 0 bridgehead atoms. The molecule has 0 spiro atoms. The van der Waals surface area contributed by atoms with E-state index in [1.807, 2.05) is 36.4 Å². The van der Waals surface area contributed by atoms with Crippen molar-refractivity contribution in [1.29, 1.82) is 0 Å². The van der Waals surface area contributed by atoms with Crippen molar-refractivity contribution in [3.8, 4) is 17.4 Å². The van der Waals surface area contributed by atoms with Crippen LogP contribution in [0.1, 0.15) is 18.9 Å². The molecule has 0 saturated carbocycles. The molecule has 1 heterocycles. The van der Waals surface area contributed by atoms with Crippen LogP contribution in [0, 0.1) is 0 Å². The lowest BCUT2D eigenvalue weighted by atomic mass is 10.3. The third-order valence-corrected chi connectivity index (χ3v) is 3.12. The summed E-state index contributed by atoms with van der Waals surface area (Å²) in [4.78, 5) is 4.23. The third-order valence-electron chi connectivity index (χ3n) is 2.47. The molecule has 0 atom stereocenters. The Bertz CT molecular complexity index is 497. The molecule has 0 N–H and O–H groups in total. The second kappa shape index (κ2) is 7.14. The Kier molecular flexibility index (Phi) is 5.21. The molecule has 19 heavy (non-hydrogen) atoms. The van der Waals surface area contributed by atoms with E-state index in [4.69, 9.17) is 9.47 Å². The lowest BCUT2D eigenvalue weighted by Crippen LogP contribution is -1.94. The van der Waals surface area contributed by atoms with Crippen molar-refractivity contribution in [2.45, 2.75) is 18.7 Å². The van der Waals surface area contributed by atoms with Gasteiger partial charge in [0.15, 0.2) is 0 Å². The molecule has 1 aromatic heterocycles. The van der Waals surface area contributed by atoms with Crippen molar-refractivity contribution in [1.82, 2.24) is 4.98 Å². The maximum absolute atomic E-state index is 5.66. The standard InChI is InChI=1S/C15H16BrNO2/c1-2-9-18-13-4-6-14(7-5-13)19-15-8-3-12(10-16)11-17-15/h3-8,11H,2,9-10H2,1H3. The fraction of sp³-hybridized carbons (Fsp3) is 0.267. The average molecular weight is 322 g/mol. The predicted octanol–water partition coefficient (Wildman–Crippen LogP) is 4.56. The number of aromatic nitrogens is 1. The molecule has 0 unspecified atom stereocenters. The van der Waals surface area contributed by atoms with Gasteiger partial charge in [0.05, 0.1) is 6.61 Å². The number of halogens is 1. The minimum atomic E-state index is 0.590. The summed E-state index contributed by atoms with van der Waals surface area (Å²) in [7, 11) is 0. The lowest BCUT2D eigenvalue weighted by Gasteiger charge is -2.07. The highest BCUT2D eigenvalue weighted by molar-refractivity contribution is 9.08. The van der Waals surface area contributed by atoms with Crippen molar-refractivity contribution in [3.05, 3.63) is 48.2 Å². The van der Waals surface area contributed by atoms with Crippen molar-refractivity contribution in [2.24, 2.45) is 0 Å². The van der Waals surface area contributed by atoms with Crippen LogP contribution >= 0.6 is 15.9 Å². The number of ether oxygens (including phenoxy) is 2. The minimum Gasteiger partial charge on any atom is -0.494 e. The van der Waals surface area contributed by atoms with Crippen LogP contribution in [0.3, 0.4) is 0 Å². The molecule has 2 aromatic rings. The minimum absolute atomic E-state index is 0.590. The van der Waals surface area contributed by atoms with E-state index in [1.165, 1.54) is 0 Å². The van der Waals surface area contributed by atoms with Crippen molar-refractivity contribution in [2.75, 3.05) is 6.61 Å². The third kappa shape index (κ3) is 4.24. The topological polar surface area (TPSA) is 31.4 Å². The van der Waals surface area contributed by atoms with Gasteiger partial charge < -0.3 is 9.47 Å². The summed E-state index contributed by atoms with van der Waals surface area (Å²) in [5.41, 5.74) is 1.12. The molecule has 4 heteroatoms. The molecule has 2 rings (SSSR count). The van der Waals surface area contributed by atoms with Crippen molar-refractivity contribution >= 4 is 15.9 Å². The summed E-state index contributed by atoms with van der Waals surface area (Å²) in [5.74, 6) is 2.20. The van der Waals surface area contributed by atoms with E-state index < -0.39 is 0 Å². The number of alkyl halides is 1. The first kappa shape index (κ1) is 13.9. The summed E-state index contributed by atoms with van der Waals surface area (Å²) < 4.78 is 11.2. The molecular weight excluding hydrogens is 306 g/mol. The predicted molar refractivity (Wildman–Crippen MR) is 79.2 cm³/mol. The molecule has 0 aliphatic rings. The van der Waals surface area contributed by atoms with Gasteiger partial charge in [-0.25, -0.2) is 4.98 Å². The van der Waals surface area contributed by atoms with E-state index in [2.05, 4.69) is 27.8 Å². The van der Waals surface area contributed by atoms with Gasteiger partial charge in [-0.05, 0) is 36.2 Å². The second-order valence-electron chi connectivity index (χ2n) is 4.06. The molecule has 0 amide bonds. The molecule has 3 nitrogen and oxygen atoms in total. The maximum atomic E-state index is 5.66. The van der Waals surface area contributed by atoms with Gasteiger partial charge in [0.1, 0.15) is 11.5 Å². The van der Waals surface area contributed by atoms with Gasteiger partial charge >= 0.3 is 0 Å². The monoisotopic (exact) mass is 321 g/mol. The normalized spacial score (nSPS) is 10.2. The van der Waals surface area contributed by atoms with Gasteiger partial charge in [-0.2, -0.15) is 0 Å². The van der Waals surface area contributed by atoms with Gasteiger partial charge in [0.2, 0.25) is 5.88 Å². The first-order valence-corrected chi connectivity index (χ1v) is 7.35. The van der Waals surface area contributed by atoms with Crippen LogP contribution in [0.25, 0.3) is 0 Å². The van der Waals surface area contributed by atoms with Gasteiger partial charge in [-0.1, -0.05) is 28.9 Å². The van der Waals surface area contributed by atoms with Crippen LogP contribution in [-0.4, -0.2) is 11.6 Å². The van der Waals surface area contributed by atoms with E-state index >= 15 is 0 Å². The Hall–Kier alpha value is -1.55. The first-order valence-electron chi connectivity index (χ1n) is 6.23. The smallest absolute Gasteiger partial charge is 0.219 e. The van der Waals surface area contributed by atoms with E-state index in [9.17, 15) is 0 Å². The highest BCUT2D eigenvalue weighted by Crippen LogP contribution is 2.22. The zero-order valence-corrected chi connectivity index (χ0v) is 12.4. The molecular formula is C15H16BrNO2. The Morgan fingerprint density at radius 1 is 1.05 bits per heavy atom. The zero-order chi connectivity index (χ0) is 13.5. The Morgan fingerprint density at radius 2 is 1.79 bits per heavy atom. The van der Waals surface area contributed by atoms with Crippen LogP contribution in [-0.2, 0) is 5.33 Å². The van der Waals surface area contributed by atoms with Gasteiger partial charge in [-0.15, -0.1) is 0 Å². The van der Waals surface area contributed by atoms with Crippen molar-refractivity contribution < 1.29 is 9.47 Å². The molecule has 100 valence electrons. The quantitative estimate of drug-likeness (QED) is 0.731. The lowest BCUT2D eigenvalue weighted by molar-refractivity contribution is 0.317. The highest BCUT2D eigenvalue weighted by atomic mass is 79.9. The fourth-order valence-electron chi connectivity index (χ4n) is 1.49. The molecule has 0 saturated heterocycles. The number of hydrogen-bond donors (Lipinski definition) is 0. The van der Waals surface area contributed by atoms with Gasteiger partial charge in [0, 0.05) is 17.6 Å². The van der Waals surface area contributed by atoms with E-state index in [1.54, 1.807) is 6.20 Å². The SMILES string of the molecule is CCCOc1ccc(Oc2ccc(CBr)cn2)cc1. The highest BCUT2D eigenvalue weighted by Gasteiger charge is 2.00. The second-order valence-corrected chi connectivity index (χ2v) is 4.62. The number of hydrogen-bond acceptors (Lipinski definition) is 3. The summed E-state index contributed by atoms with van der Waals surface area (Å²) in [5, 5.41) is 0.795. The summed E-state index contributed by atoms with van der Waals surface area (Å²) in [6.45, 7) is 2.81. The van der Waals surface area contributed by atoms with Crippen LogP contribution in [0.4, 0.5) is 0 Å². The largest absolute Gasteiger partial charge is 0.494 e. The molecule has 0 aliphatic carbocycles. The molecule has 1 aromatic carbocycles. The van der Waals surface area contributed by atoms with Crippen LogP contribution in [0.15, 0.2) is 42.6 Å². The summed E-state index contributed by atoms with van der Waals surface area (Å²) >= 11 is 3.38. The van der Waals surface area contributed by atoms with E-state index in [0.29, 0.717) is 5.88 Å². The van der Waals surface area contributed by atoms with Crippen LogP contribution in [0.5, 0.6) is 17.4 Å². The van der Waals surface area contributed by atoms with Crippen LogP contribution < -0.4 is 9.47 Å². The van der Waals surface area contributed by atoms with E-state index in [0.717, 1.165) is 35.4 Å². The number of benzene rings is 1. The maximum Gasteiger partial charge on any atom is 0.219 e. The Balaban J connectivity index is 1.98. The van der Waals surface area contributed by atoms with Gasteiger partial charge in [0.25, 0.3) is 0 Å². The number of nitrogens with zero attached hydrogens (tertiary/aromatic N) is 1. The zero-order valence-electron chi connectivity index (χ0n) is 10.8. The average Bonchev–Trinajstić information content (AvgIpc) is 2.47. The molecule has 0 fully saturated rings. The number of pyridine rings is 1. The fourth-order valence-corrected chi connectivity index (χ4v) is 1.83. The molecule has 0 radical (unpaired) electrons. The number of rotatable bonds is 6. The molecule has 0 aliphatic heterocycles. The van der Waals surface area contributed by atoms with Gasteiger partial charge in [-0.3, -0.25) is 0 Å². The summed E-state index contributed by atoms with van der Waals surface area (Å²) in [6.07, 6.45) is 2.80. The Morgan fingerprint density at radius 3 is 2.37 bits per heavy atom. The summed E-state index contributed by atoms with van der Waals surface area (Å²) in [6, 6.07) is 11.4.